The Hall–Kier alpha value is -3.46. The minimum atomic E-state index is -1.21. The lowest BCUT2D eigenvalue weighted by atomic mass is 9.70. The molecule has 0 aliphatic carbocycles. The van der Waals surface area contributed by atoms with Gasteiger partial charge in [0.25, 0.3) is 5.91 Å². The Morgan fingerprint density at radius 2 is 1.75 bits per heavy atom. The summed E-state index contributed by atoms with van der Waals surface area (Å²) in [6.45, 7) is 9.40. The zero-order chi connectivity index (χ0) is 28.6. The van der Waals surface area contributed by atoms with E-state index in [0.717, 1.165) is 0 Å². The number of amides is 3. The Kier molecular flexibility index (Phi) is 7.86. The number of anilines is 2. The van der Waals surface area contributed by atoms with Crippen molar-refractivity contribution < 1.29 is 24.2 Å². The number of hydrogen-bond acceptors (Lipinski definition) is 5. The normalized spacial score (nSPS) is 27.3. The second kappa shape index (κ2) is 11.2. The van der Waals surface area contributed by atoms with E-state index in [4.69, 9.17) is 16.3 Å². The number of aliphatic hydroxyl groups is 1. The van der Waals surface area contributed by atoms with E-state index in [1.165, 1.54) is 9.80 Å². The largest absolute Gasteiger partial charge is 0.394 e. The Morgan fingerprint density at radius 3 is 2.40 bits per heavy atom. The van der Waals surface area contributed by atoms with E-state index < -0.39 is 35.6 Å². The summed E-state index contributed by atoms with van der Waals surface area (Å²) in [5, 5.41) is 10.5. The van der Waals surface area contributed by atoms with E-state index >= 15 is 0 Å². The van der Waals surface area contributed by atoms with Crippen molar-refractivity contribution in [2.24, 2.45) is 11.8 Å². The molecule has 9 heteroatoms. The maximum Gasteiger partial charge on any atom is 0.253 e. The molecule has 3 aliphatic heterocycles. The molecule has 5 rings (SSSR count). The van der Waals surface area contributed by atoms with Crippen molar-refractivity contribution in [2.75, 3.05) is 29.5 Å². The van der Waals surface area contributed by atoms with Crippen LogP contribution in [-0.2, 0) is 19.1 Å². The molecule has 40 heavy (non-hydrogen) atoms. The molecule has 210 valence electrons. The van der Waals surface area contributed by atoms with E-state index in [9.17, 15) is 19.5 Å². The Bertz CT molecular complexity index is 1320. The van der Waals surface area contributed by atoms with Crippen molar-refractivity contribution in [3.8, 4) is 0 Å². The van der Waals surface area contributed by atoms with Gasteiger partial charge in [-0.15, -0.1) is 13.2 Å². The minimum Gasteiger partial charge on any atom is -0.394 e. The van der Waals surface area contributed by atoms with Crippen molar-refractivity contribution in [2.45, 2.75) is 43.6 Å². The molecule has 0 aromatic heterocycles. The Morgan fingerprint density at radius 1 is 1.10 bits per heavy atom. The summed E-state index contributed by atoms with van der Waals surface area (Å²) >= 11 is 6.50. The number of hydrogen-bond donors (Lipinski definition) is 1. The van der Waals surface area contributed by atoms with E-state index in [0.29, 0.717) is 29.2 Å². The third-order valence-corrected chi connectivity index (χ3v) is 8.68. The van der Waals surface area contributed by atoms with Crippen LogP contribution in [0.5, 0.6) is 0 Å². The summed E-state index contributed by atoms with van der Waals surface area (Å²) in [5.41, 5.74) is -0.0297. The number of halogens is 1. The minimum absolute atomic E-state index is 0.155. The smallest absolute Gasteiger partial charge is 0.253 e. The van der Waals surface area contributed by atoms with Crippen LogP contribution in [0.3, 0.4) is 0 Å². The van der Waals surface area contributed by atoms with Gasteiger partial charge in [0.15, 0.2) is 0 Å². The molecule has 6 atom stereocenters. The highest BCUT2D eigenvalue weighted by molar-refractivity contribution is 6.34. The second-order valence-electron chi connectivity index (χ2n) is 10.6. The van der Waals surface area contributed by atoms with Gasteiger partial charge < -0.3 is 24.5 Å². The van der Waals surface area contributed by atoms with Crippen LogP contribution in [0.15, 0.2) is 79.9 Å². The van der Waals surface area contributed by atoms with Crippen molar-refractivity contribution in [1.82, 2.24) is 4.90 Å². The predicted octanol–water partition coefficient (Wildman–Crippen LogP) is 3.83. The lowest BCUT2D eigenvalue weighted by Gasteiger charge is -2.38. The Labute approximate surface area is 239 Å². The average molecular weight is 564 g/mol. The molecule has 2 unspecified atom stereocenters. The highest BCUT2D eigenvalue weighted by Crippen LogP contribution is 2.59. The zero-order valence-corrected chi connectivity index (χ0v) is 23.2. The van der Waals surface area contributed by atoms with Crippen molar-refractivity contribution in [3.63, 3.8) is 0 Å². The maximum atomic E-state index is 14.5. The fraction of sp³-hybridized carbons (Fsp3) is 0.387. The molecular weight excluding hydrogens is 530 g/mol. The summed E-state index contributed by atoms with van der Waals surface area (Å²) in [4.78, 5) is 47.4. The quantitative estimate of drug-likeness (QED) is 0.444. The van der Waals surface area contributed by atoms with Crippen LogP contribution in [-0.4, -0.2) is 71.2 Å². The number of para-hydroxylation sites is 2. The number of fused-ring (bicyclic) bond motifs is 1. The van der Waals surface area contributed by atoms with E-state index in [-0.39, 0.29) is 37.4 Å². The van der Waals surface area contributed by atoms with Gasteiger partial charge >= 0.3 is 0 Å². The summed E-state index contributed by atoms with van der Waals surface area (Å²) in [6.07, 6.45) is 3.72. The monoisotopic (exact) mass is 563 g/mol. The van der Waals surface area contributed by atoms with Crippen LogP contribution in [0.1, 0.15) is 19.8 Å². The number of benzene rings is 2. The van der Waals surface area contributed by atoms with Crippen LogP contribution in [0.4, 0.5) is 11.4 Å². The van der Waals surface area contributed by atoms with Crippen molar-refractivity contribution in [3.05, 3.63) is 84.9 Å². The maximum absolute atomic E-state index is 14.5. The molecule has 3 heterocycles. The van der Waals surface area contributed by atoms with E-state index in [1.54, 1.807) is 48.2 Å². The number of aliphatic hydroxyl groups excluding tert-OH is 1. The number of carbonyl (C=O) groups is 3. The van der Waals surface area contributed by atoms with Gasteiger partial charge in [-0.25, -0.2) is 0 Å². The Balaban J connectivity index is 1.58. The number of likely N-dealkylation sites (tertiary alicyclic amines) is 1. The summed E-state index contributed by atoms with van der Waals surface area (Å²) in [6, 6.07) is 14.5. The van der Waals surface area contributed by atoms with E-state index in [1.807, 2.05) is 30.3 Å². The standard InChI is InChI=1S/C31H34ClN3O5/c1-4-17-33(21-11-7-6-8-12-21)28(37)25-24-15-16-31(40-24)26(25)29(38)35(20(3)19-36)27(31)30(39)34(18-5-2)23-14-10-9-13-22(23)32/h4-14,20,24-27,36H,1-2,15-19H2,3H3/t20-,24-,25+,26+,27?,31?/m1/s1. The molecule has 1 N–H and O–H groups in total. The average Bonchev–Trinajstić information content (AvgIpc) is 3.62. The third-order valence-electron chi connectivity index (χ3n) is 8.36. The number of carbonyl (C=O) groups excluding carboxylic acids is 3. The highest BCUT2D eigenvalue weighted by atomic mass is 35.5. The summed E-state index contributed by atoms with van der Waals surface area (Å²) in [7, 11) is 0. The molecule has 3 aliphatic rings. The first kappa shape index (κ1) is 28.1. The van der Waals surface area contributed by atoms with Crippen LogP contribution in [0, 0.1) is 11.8 Å². The third kappa shape index (κ3) is 4.35. The fourth-order valence-electron chi connectivity index (χ4n) is 6.71. The molecule has 0 radical (unpaired) electrons. The summed E-state index contributed by atoms with van der Waals surface area (Å²) in [5.74, 6) is -2.63. The lowest BCUT2D eigenvalue weighted by molar-refractivity contribution is -0.143. The van der Waals surface area contributed by atoms with Crippen LogP contribution in [0.25, 0.3) is 0 Å². The van der Waals surface area contributed by atoms with Crippen LogP contribution in [0.2, 0.25) is 5.02 Å². The SMILES string of the molecule is C=CCN(C(=O)[C@@H]1[C@H]2C(=O)N([C@H](C)CO)C(C(=O)N(CC=C)c3ccccc3Cl)C23CC[C@H]1O3)c1ccccc1. The molecule has 2 aromatic carbocycles. The fourth-order valence-corrected chi connectivity index (χ4v) is 6.95. The summed E-state index contributed by atoms with van der Waals surface area (Å²) < 4.78 is 6.58. The molecule has 8 nitrogen and oxygen atoms in total. The van der Waals surface area contributed by atoms with Gasteiger partial charge in [-0.05, 0) is 44.0 Å². The number of nitrogens with zero attached hydrogens (tertiary/aromatic N) is 3. The topological polar surface area (TPSA) is 90.4 Å². The van der Waals surface area contributed by atoms with Gasteiger partial charge in [-0.2, -0.15) is 0 Å². The molecule has 2 aromatic rings. The van der Waals surface area contributed by atoms with E-state index in [2.05, 4.69) is 13.2 Å². The second-order valence-corrected chi connectivity index (χ2v) is 11.0. The molecular formula is C31H34ClN3O5. The van der Waals surface area contributed by atoms with Gasteiger partial charge in [0.1, 0.15) is 11.6 Å². The van der Waals surface area contributed by atoms with Crippen LogP contribution >= 0.6 is 11.6 Å². The first-order chi connectivity index (χ1) is 19.3. The van der Waals surface area contributed by atoms with Gasteiger partial charge in [-0.1, -0.05) is 54.1 Å². The molecule has 3 saturated heterocycles. The highest BCUT2D eigenvalue weighted by Gasteiger charge is 2.75. The molecule has 0 saturated carbocycles. The van der Waals surface area contributed by atoms with Gasteiger partial charge in [0.05, 0.1) is 41.3 Å². The first-order valence-electron chi connectivity index (χ1n) is 13.6. The number of ether oxygens (including phenoxy) is 1. The molecule has 3 amide bonds. The lowest BCUT2D eigenvalue weighted by Crippen LogP contribution is -2.58. The van der Waals surface area contributed by atoms with Crippen molar-refractivity contribution in [1.29, 1.82) is 0 Å². The van der Waals surface area contributed by atoms with Gasteiger partial charge in [-0.3, -0.25) is 14.4 Å². The predicted molar refractivity (Wildman–Crippen MR) is 154 cm³/mol. The van der Waals surface area contributed by atoms with Gasteiger partial charge in [0.2, 0.25) is 11.8 Å². The molecule has 3 fully saturated rings. The molecule has 1 spiro atoms. The van der Waals surface area contributed by atoms with Gasteiger partial charge in [0, 0.05) is 18.8 Å². The molecule has 2 bridgehead atoms. The first-order valence-corrected chi connectivity index (χ1v) is 13.9. The zero-order valence-electron chi connectivity index (χ0n) is 22.5. The van der Waals surface area contributed by atoms with Crippen molar-refractivity contribution >= 4 is 40.7 Å². The number of rotatable bonds is 10. The van der Waals surface area contributed by atoms with Crippen LogP contribution < -0.4 is 9.80 Å².